The number of amides is 1. The Kier molecular flexibility index (Phi) is 5.20. The fourth-order valence-electron chi connectivity index (χ4n) is 3.57. The van der Waals surface area contributed by atoms with Crippen molar-refractivity contribution >= 4 is 5.91 Å². The highest BCUT2D eigenvalue weighted by molar-refractivity contribution is 5.76. The summed E-state index contributed by atoms with van der Waals surface area (Å²) in [7, 11) is 1.60. The number of benzene rings is 1. The van der Waals surface area contributed by atoms with E-state index in [0.717, 1.165) is 24.3 Å². The van der Waals surface area contributed by atoms with Crippen molar-refractivity contribution in [2.45, 2.75) is 38.3 Å². The summed E-state index contributed by atoms with van der Waals surface area (Å²) >= 11 is 0. The minimum atomic E-state index is -0.953. The third-order valence-corrected chi connectivity index (χ3v) is 4.85. The number of aliphatic hydroxyl groups is 1. The topological polar surface area (TPSA) is 70.4 Å². The first-order valence-electron chi connectivity index (χ1n) is 8.75. The van der Waals surface area contributed by atoms with Crippen molar-refractivity contribution in [3.8, 4) is 5.69 Å². The zero-order valence-corrected chi connectivity index (χ0v) is 14.9. The molecule has 2 heterocycles. The minimum absolute atomic E-state index is 0.116. The number of aromatic nitrogens is 2. The number of carbonyl (C=O) groups excluding carboxylic acids is 1. The van der Waals surface area contributed by atoms with Gasteiger partial charge in [-0.2, -0.15) is 5.10 Å². The van der Waals surface area contributed by atoms with Crippen molar-refractivity contribution in [1.29, 1.82) is 0 Å². The van der Waals surface area contributed by atoms with Crippen LogP contribution >= 0.6 is 0 Å². The molecule has 1 amide bonds. The summed E-state index contributed by atoms with van der Waals surface area (Å²) in [4.78, 5) is 13.9. The highest BCUT2D eigenvalue weighted by Crippen LogP contribution is 2.26. The lowest BCUT2D eigenvalue weighted by atomic mass is 9.89. The third kappa shape index (κ3) is 4.08. The van der Waals surface area contributed by atoms with Crippen LogP contribution in [0.25, 0.3) is 5.69 Å². The normalized spacial score (nSPS) is 21.2. The first-order valence-corrected chi connectivity index (χ1v) is 8.75. The van der Waals surface area contributed by atoms with E-state index in [4.69, 9.17) is 0 Å². The summed E-state index contributed by atoms with van der Waals surface area (Å²) in [5, 5.41) is 17.9. The largest absolute Gasteiger partial charge is 0.388 e. The SMILES string of the molecule is CNC(=O)CC1(O)CCCN(Cc2ccnn2-c2ccccc2C)C1. The number of para-hydroxylation sites is 1. The number of β-amino-alcohol motifs (C(OH)–C–C–N with tert-alkyl or cyclic N) is 1. The van der Waals surface area contributed by atoms with Gasteiger partial charge in [-0.15, -0.1) is 0 Å². The van der Waals surface area contributed by atoms with Crippen molar-refractivity contribution in [3.63, 3.8) is 0 Å². The van der Waals surface area contributed by atoms with E-state index in [1.165, 1.54) is 5.56 Å². The van der Waals surface area contributed by atoms with Crippen molar-refractivity contribution in [2.24, 2.45) is 0 Å². The molecule has 1 atom stereocenters. The van der Waals surface area contributed by atoms with Crippen LogP contribution in [0.4, 0.5) is 0 Å². The van der Waals surface area contributed by atoms with Gasteiger partial charge in [0.15, 0.2) is 0 Å². The van der Waals surface area contributed by atoms with Crippen LogP contribution in [0.1, 0.15) is 30.5 Å². The quantitative estimate of drug-likeness (QED) is 0.867. The molecule has 0 radical (unpaired) electrons. The van der Waals surface area contributed by atoms with Gasteiger partial charge in [-0.1, -0.05) is 18.2 Å². The Morgan fingerprint density at radius 2 is 2.16 bits per heavy atom. The Bertz CT molecular complexity index is 743. The lowest BCUT2D eigenvalue weighted by Crippen LogP contribution is -2.50. The molecule has 3 rings (SSSR count). The minimum Gasteiger partial charge on any atom is -0.388 e. The predicted molar refractivity (Wildman–Crippen MR) is 96.4 cm³/mol. The monoisotopic (exact) mass is 342 g/mol. The first-order chi connectivity index (χ1) is 12.0. The molecule has 2 aromatic rings. The van der Waals surface area contributed by atoms with Crippen LogP contribution in [0, 0.1) is 6.92 Å². The molecule has 0 aliphatic carbocycles. The van der Waals surface area contributed by atoms with Gasteiger partial charge < -0.3 is 10.4 Å². The summed E-state index contributed by atoms with van der Waals surface area (Å²) in [6, 6.07) is 10.2. The van der Waals surface area contributed by atoms with Gasteiger partial charge in [0, 0.05) is 26.3 Å². The Balaban J connectivity index is 1.74. The molecule has 2 N–H and O–H groups in total. The first kappa shape index (κ1) is 17.6. The Hall–Kier alpha value is -2.18. The highest BCUT2D eigenvalue weighted by atomic mass is 16.3. The fourth-order valence-corrected chi connectivity index (χ4v) is 3.57. The summed E-state index contributed by atoms with van der Waals surface area (Å²) in [5.74, 6) is -0.116. The van der Waals surface area contributed by atoms with Gasteiger partial charge in [-0.05, 0) is 44.0 Å². The van der Waals surface area contributed by atoms with Crippen LogP contribution in [0.3, 0.4) is 0 Å². The number of carbonyl (C=O) groups is 1. The molecule has 1 fully saturated rings. The van der Waals surface area contributed by atoms with E-state index >= 15 is 0 Å². The number of aryl methyl sites for hydroxylation is 1. The third-order valence-electron chi connectivity index (χ3n) is 4.85. The molecule has 1 aliphatic rings. The van der Waals surface area contributed by atoms with Crippen LogP contribution in [-0.4, -0.2) is 51.4 Å². The van der Waals surface area contributed by atoms with Crippen molar-refractivity contribution in [2.75, 3.05) is 20.1 Å². The van der Waals surface area contributed by atoms with E-state index in [-0.39, 0.29) is 12.3 Å². The van der Waals surface area contributed by atoms with Crippen LogP contribution in [0.2, 0.25) is 0 Å². The average molecular weight is 342 g/mol. The van der Waals surface area contributed by atoms with Gasteiger partial charge in [-0.3, -0.25) is 9.69 Å². The lowest BCUT2D eigenvalue weighted by Gasteiger charge is -2.38. The van der Waals surface area contributed by atoms with E-state index in [2.05, 4.69) is 34.4 Å². The molecular formula is C19H26N4O2. The maximum absolute atomic E-state index is 11.7. The second-order valence-electron chi connectivity index (χ2n) is 6.91. The summed E-state index contributed by atoms with van der Waals surface area (Å²) in [5.41, 5.74) is 2.37. The summed E-state index contributed by atoms with van der Waals surface area (Å²) in [6.45, 7) is 4.18. The zero-order chi connectivity index (χ0) is 17.9. The number of nitrogens with one attached hydrogen (secondary N) is 1. The van der Waals surface area contributed by atoms with Crippen molar-refractivity contribution in [3.05, 3.63) is 47.8 Å². The number of piperidine rings is 1. The molecule has 0 bridgehead atoms. The maximum Gasteiger partial charge on any atom is 0.222 e. The number of hydrogen-bond donors (Lipinski definition) is 2. The molecular weight excluding hydrogens is 316 g/mol. The van der Waals surface area contributed by atoms with Crippen LogP contribution in [0.15, 0.2) is 36.5 Å². The molecule has 6 heteroatoms. The molecule has 6 nitrogen and oxygen atoms in total. The van der Waals surface area contributed by atoms with Gasteiger partial charge in [0.1, 0.15) is 0 Å². The van der Waals surface area contributed by atoms with E-state index in [1.807, 2.05) is 29.1 Å². The Morgan fingerprint density at radius 3 is 2.92 bits per heavy atom. The standard InChI is InChI=1S/C19H26N4O2/c1-15-6-3-4-7-17(15)23-16(8-10-21-23)13-22-11-5-9-19(25,14-22)12-18(24)20-2/h3-4,6-8,10,25H,5,9,11-14H2,1-2H3,(H,20,24). The molecule has 0 spiro atoms. The van der Waals surface area contributed by atoms with Gasteiger partial charge in [-0.25, -0.2) is 4.68 Å². The molecule has 1 aromatic heterocycles. The van der Waals surface area contributed by atoms with Crippen molar-refractivity contribution < 1.29 is 9.90 Å². The van der Waals surface area contributed by atoms with E-state index < -0.39 is 5.60 Å². The Labute approximate surface area is 148 Å². The molecule has 134 valence electrons. The molecule has 25 heavy (non-hydrogen) atoms. The molecule has 1 unspecified atom stereocenters. The summed E-state index contributed by atoms with van der Waals surface area (Å²) < 4.78 is 1.96. The zero-order valence-electron chi connectivity index (χ0n) is 14.9. The van der Waals surface area contributed by atoms with Crippen LogP contribution in [0.5, 0.6) is 0 Å². The number of hydrogen-bond acceptors (Lipinski definition) is 4. The van der Waals surface area contributed by atoms with Crippen molar-refractivity contribution in [1.82, 2.24) is 20.0 Å². The predicted octanol–water partition coefficient (Wildman–Crippen LogP) is 1.64. The molecule has 1 saturated heterocycles. The molecule has 1 aromatic carbocycles. The van der Waals surface area contributed by atoms with Gasteiger partial charge in [0.05, 0.1) is 23.4 Å². The van der Waals surface area contributed by atoms with Gasteiger partial charge in [0.2, 0.25) is 5.91 Å². The lowest BCUT2D eigenvalue weighted by molar-refractivity contribution is -0.128. The Morgan fingerprint density at radius 1 is 1.36 bits per heavy atom. The maximum atomic E-state index is 11.7. The average Bonchev–Trinajstić information content (AvgIpc) is 3.02. The molecule has 0 saturated carbocycles. The van der Waals surface area contributed by atoms with Gasteiger partial charge >= 0.3 is 0 Å². The number of likely N-dealkylation sites (tertiary alicyclic amines) is 1. The van der Waals surface area contributed by atoms with E-state index in [0.29, 0.717) is 19.5 Å². The molecule has 1 aliphatic heterocycles. The second-order valence-corrected chi connectivity index (χ2v) is 6.91. The fraction of sp³-hybridized carbons (Fsp3) is 0.474. The van der Waals surface area contributed by atoms with Crippen LogP contribution < -0.4 is 5.32 Å². The van der Waals surface area contributed by atoms with E-state index in [1.54, 1.807) is 7.05 Å². The number of rotatable bonds is 5. The van der Waals surface area contributed by atoms with Crippen LogP contribution in [-0.2, 0) is 11.3 Å². The van der Waals surface area contributed by atoms with E-state index in [9.17, 15) is 9.90 Å². The highest BCUT2D eigenvalue weighted by Gasteiger charge is 2.35. The smallest absolute Gasteiger partial charge is 0.222 e. The summed E-state index contributed by atoms with van der Waals surface area (Å²) in [6.07, 6.45) is 3.50. The van der Waals surface area contributed by atoms with Gasteiger partial charge in [0.25, 0.3) is 0 Å². The second kappa shape index (κ2) is 7.37. The number of nitrogens with zero attached hydrogens (tertiary/aromatic N) is 3.